The van der Waals surface area contributed by atoms with E-state index in [2.05, 4.69) is 48.9 Å². The van der Waals surface area contributed by atoms with E-state index in [9.17, 15) is 0 Å². The Labute approximate surface area is 105 Å². The van der Waals surface area contributed by atoms with Crippen LogP contribution in [0.4, 0.5) is 0 Å². The number of nitrogens with one attached hydrogen (secondary N) is 1. The molecule has 1 heterocycles. The van der Waals surface area contributed by atoms with Gasteiger partial charge in [-0.25, -0.2) is 0 Å². The van der Waals surface area contributed by atoms with E-state index in [1.165, 1.54) is 25.0 Å². The molecule has 0 aliphatic heterocycles. The second-order valence-electron chi connectivity index (χ2n) is 5.81. The highest BCUT2D eigenvalue weighted by molar-refractivity contribution is 5.14. The van der Waals surface area contributed by atoms with Gasteiger partial charge in [-0.3, -0.25) is 4.68 Å². The molecule has 1 N–H and O–H groups in total. The molecule has 96 valence electrons. The first-order valence-electron chi connectivity index (χ1n) is 6.81. The van der Waals surface area contributed by atoms with Gasteiger partial charge in [0.2, 0.25) is 0 Å². The first-order chi connectivity index (χ1) is 8.04. The van der Waals surface area contributed by atoms with E-state index in [1.807, 2.05) is 0 Å². The van der Waals surface area contributed by atoms with Gasteiger partial charge >= 0.3 is 0 Å². The second-order valence-corrected chi connectivity index (χ2v) is 5.81. The van der Waals surface area contributed by atoms with Crippen LogP contribution in [0.2, 0.25) is 0 Å². The Bertz CT molecular complexity index is 375. The number of aromatic nitrogens is 2. The smallest absolute Gasteiger partial charge is 0.0596 e. The minimum absolute atomic E-state index is 0.518. The van der Waals surface area contributed by atoms with Crippen LogP contribution in [-0.2, 0) is 13.0 Å². The number of aryl methyl sites for hydroxylation is 2. The average Bonchev–Trinajstić information content (AvgIpc) is 2.94. The van der Waals surface area contributed by atoms with Crippen molar-refractivity contribution in [2.24, 2.45) is 5.41 Å². The summed E-state index contributed by atoms with van der Waals surface area (Å²) >= 11 is 0. The van der Waals surface area contributed by atoms with Crippen LogP contribution in [0.25, 0.3) is 0 Å². The van der Waals surface area contributed by atoms with E-state index < -0.39 is 0 Å². The maximum absolute atomic E-state index is 4.53. The molecule has 1 aliphatic rings. The largest absolute Gasteiger partial charge is 0.314 e. The normalized spacial score (nSPS) is 17.7. The summed E-state index contributed by atoms with van der Waals surface area (Å²) in [6, 6.07) is 2.84. The predicted octanol–water partition coefficient (Wildman–Crippen LogP) is 2.53. The molecule has 1 aromatic heterocycles. The Kier molecular flexibility index (Phi) is 3.57. The molecule has 1 aromatic rings. The lowest BCUT2D eigenvalue weighted by Gasteiger charge is -2.18. The lowest BCUT2D eigenvalue weighted by Crippen LogP contribution is -2.31. The van der Waals surface area contributed by atoms with Gasteiger partial charge in [-0.05, 0) is 44.6 Å². The van der Waals surface area contributed by atoms with Gasteiger partial charge < -0.3 is 5.32 Å². The molecular formula is C14H25N3. The summed E-state index contributed by atoms with van der Waals surface area (Å²) in [6.07, 6.45) is 3.91. The van der Waals surface area contributed by atoms with Gasteiger partial charge in [0.15, 0.2) is 0 Å². The molecular weight excluding hydrogens is 210 g/mol. The van der Waals surface area contributed by atoms with Crippen molar-refractivity contribution in [3.63, 3.8) is 0 Å². The number of hydrogen-bond acceptors (Lipinski definition) is 2. The van der Waals surface area contributed by atoms with Crippen LogP contribution >= 0.6 is 0 Å². The minimum atomic E-state index is 0.518. The van der Waals surface area contributed by atoms with Gasteiger partial charge in [-0.1, -0.05) is 13.8 Å². The van der Waals surface area contributed by atoms with E-state index in [0.717, 1.165) is 18.8 Å². The quantitative estimate of drug-likeness (QED) is 0.821. The summed E-state index contributed by atoms with van der Waals surface area (Å²) in [4.78, 5) is 0. The van der Waals surface area contributed by atoms with E-state index in [1.54, 1.807) is 0 Å². The van der Waals surface area contributed by atoms with Gasteiger partial charge in [0.1, 0.15) is 0 Å². The Hall–Kier alpha value is -0.830. The molecule has 1 saturated carbocycles. The molecule has 3 heteroatoms. The van der Waals surface area contributed by atoms with Gasteiger partial charge in [-0.15, -0.1) is 0 Å². The zero-order chi connectivity index (χ0) is 12.5. The molecule has 0 atom stereocenters. The van der Waals surface area contributed by atoms with E-state index in [0.29, 0.717) is 11.5 Å². The summed E-state index contributed by atoms with van der Waals surface area (Å²) in [5.41, 5.74) is 3.08. The van der Waals surface area contributed by atoms with Crippen LogP contribution in [0.5, 0.6) is 0 Å². The van der Waals surface area contributed by atoms with Crippen molar-refractivity contribution in [3.05, 3.63) is 17.5 Å². The van der Waals surface area contributed by atoms with Crippen LogP contribution in [0.15, 0.2) is 6.07 Å². The maximum Gasteiger partial charge on any atom is 0.0596 e. The van der Waals surface area contributed by atoms with Crippen LogP contribution in [-0.4, -0.2) is 22.4 Å². The van der Waals surface area contributed by atoms with Gasteiger partial charge in [0.25, 0.3) is 0 Å². The fraction of sp³-hybridized carbons (Fsp3) is 0.786. The molecule has 1 fully saturated rings. The number of hydrogen-bond donors (Lipinski definition) is 1. The Morgan fingerprint density at radius 1 is 1.47 bits per heavy atom. The summed E-state index contributed by atoms with van der Waals surface area (Å²) in [7, 11) is 0. The zero-order valence-corrected chi connectivity index (χ0v) is 11.6. The highest BCUT2D eigenvalue weighted by atomic mass is 15.3. The minimum Gasteiger partial charge on any atom is -0.314 e. The summed E-state index contributed by atoms with van der Waals surface area (Å²) in [6.45, 7) is 10.8. The Balaban J connectivity index is 1.99. The van der Waals surface area contributed by atoms with Crippen LogP contribution < -0.4 is 5.32 Å². The zero-order valence-electron chi connectivity index (χ0n) is 11.6. The van der Waals surface area contributed by atoms with Crippen molar-refractivity contribution in [1.82, 2.24) is 15.1 Å². The van der Waals surface area contributed by atoms with Crippen LogP contribution in [0, 0.1) is 12.3 Å². The first kappa shape index (κ1) is 12.6. The SMILES string of the molecule is CCn1nc(C)cc1CC1(CNC(C)C)CC1. The molecule has 0 spiro atoms. The van der Waals surface area contributed by atoms with Crippen molar-refractivity contribution < 1.29 is 0 Å². The van der Waals surface area contributed by atoms with Crippen molar-refractivity contribution in [3.8, 4) is 0 Å². The maximum atomic E-state index is 4.53. The lowest BCUT2D eigenvalue weighted by molar-refractivity contribution is 0.416. The topological polar surface area (TPSA) is 29.9 Å². The van der Waals surface area contributed by atoms with Crippen molar-refractivity contribution in [2.45, 2.75) is 59.5 Å². The molecule has 0 amide bonds. The summed E-state index contributed by atoms with van der Waals surface area (Å²) in [5, 5.41) is 8.12. The number of nitrogens with zero attached hydrogens (tertiary/aromatic N) is 2. The van der Waals surface area contributed by atoms with Gasteiger partial charge in [0.05, 0.1) is 5.69 Å². The Morgan fingerprint density at radius 2 is 2.18 bits per heavy atom. The third-order valence-electron chi connectivity index (χ3n) is 3.68. The average molecular weight is 235 g/mol. The van der Waals surface area contributed by atoms with Crippen molar-refractivity contribution in [2.75, 3.05) is 6.54 Å². The summed E-state index contributed by atoms with van der Waals surface area (Å²) < 4.78 is 2.16. The van der Waals surface area contributed by atoms with Gasteiger partial charge in [-0.2, -0.15) is 5.10 Å². The Morgan fingerprint density at radius 3 is 2.71 bits per heavy atom. The summed E-state index contributed by atoms with van der Waals surface area (Å²) in [5.74, 6) is 0. The highest BCUT2D eigenvalue weighted by Crippen LogP contribution is 2.47. The predicted molar refractivity (Wildman–Crippen MR) is 71.1 cm³/mol. The van der Waals surface area contributed by atoms with Crippen molar-refractivity contribution >= 4 is 0 Å². The third-order valence-corrected chi connectivity index (χ3v) is 3.68. The van der Waals surface area contributed by atoms with E-state index in [-0.39, 0.29) is 0 Å². The molecule has 0 aromatic carbocycles. The monoisotopic (exact) mass is 235 g/mol. The van der Waals surface area contributed by atoms with Crippen molar-refractivity contribution in [1.29, 1.82) is 0 Å². The number of rotatable bonds is 6. The standard InChI is InChI=1S/C14H25N3/c1-5-17-13(8-12(4)16-17)9-14(6-7-14)10-15-11(2)3/h8,11,15H,5-7,9-10H2,1-4H3. The highest BCUT2D eigenvalue weighted by Gasteiger charge is 2.42. The molecule has 0 unspecified atom stereocenters. The van der Waals surface area contributed by atoms with E-state index >= 15 is 0 Å². The first-order valence-corrected chi connectivity index (χ1v) is 6.81. The molecule has 3 nitrogen and oxygen atoms in total. The molecule has 0 bridgehead atoms. The fourth-order valence-electron chi connectivity index (χ4n) is 2.41. The van der Waals surface area contributed by atoms with Crippen LogP contribution in [0.1, 0.15) is 45.0 Å². The molecule has 1 aliphatic carbocycles. The molecule has 0 radical (unpaired) electrons. The van der Waals surface area contributed by atoms with Crippen LogP contribution in [0.3, 0.4) is 0 Å². The van der Waals surface area contributed by atoms with E-state index in [4.69, 9.17) is 0 Å². The second kappa shape index (κ2) is 4.81. The fourth-order valence-corrected chi connectivity index (χ4v) is 2.41. The third kappa shape index (κ3) is 3.09. The lowest BCUT2D eigenvalue weighted by atomic mass is 9.99. The molecule has 17 heavy (non-hydrogen) atoms. The molecule has 2 rings (SSSR count). The van der Waals surface area contributed by atoms with Gasteiger partial charge in [0, 0.05) is 24.8 Å². The molecule has 0 saturated heterocycles.